The zero-order valence-corrected chi connectivity index (χ0v) is 10.2. The highest BCUT2D eigenvalue weighted by Crippen LogP contribution is 2.27. The average molecular weight is 198 g/mol. The number of likely N-dealkylation sites (tertiary alicyclic amines) is 1. The molecule has 84 valence electrons. The fourth-order valence-corrected chi connectivity index (χ4v) is 2.58. The van der Waals surface area contributed by atoms with Gasteiger partial charge >= 0.3 is 0 Å². The lowest BCUT2D eigenvalue weighted by Gasteiger charge is -2.32. The fourth-order valence-electron chi connectivity index (χ4n) is 2.58. The van der Waals surface area contributed by atoms with Gasteiger partial charge in [0.25, 0.3) is 0 Å². The number of rotatable bonds is 4. The summed E-state index contributed by atoms with van der Waals surface area (Å²) in [4.78, 5) is 2.64. The molecule has 14 heavy (non-hydrogen) atoms. The molecule has 0 aliphatic carbocycles. The van der Waals surface area contributed by atoms with Gasteiger partial charge in [0, 0.05) is 18.6 Å². The highest BCUT2D eigenvalue weighted by atomic mass is 15.2. The van der Waals surface area contributed by atoms with E-state index in [2.05, 4.69) is 32.6 Å². The monoisotopic (exact) mass is 198 g/mol. The molecule has 0 amide bonds. The van der Waals surface area contributed by atoms with Crippen LogP contribution in [0.3, 0.4) is 0 Å². The van der Waals surface area contributed by atoms with Crippen LogP contribution in [0.2, 0.25) is 0 Å². The van der Waals surface area contributed by atoms with E-state index in [4.69, 9.17) is 5.73 Å². The fraction of sp³-hybridized carbons (Fsp3) is 1.00. The maximum Gasteiger partial charge on any atom is 0.00954 e. The Bertz CT molecular complexity index is 170. The highest BCUT2D eigenvalue weighted by Gasteiger charge is 2.32. The Labute approximate surface area is 88.8 Å². The maximum atomic E-state index is 5.74. The smallest absolute Gasteiger partial charge is 0.00954 e. The van der Waals surface area contributed by atoms with E-state index in [-0.39, 0.29) is 0 Å². The Morgan fingerprint density at radius 1 is 1.43 bits per heavy atom. The summed E-state index contributed by atoms with van der Waals surface area (Å²) < 4.78 is 0. The minimum absolute atomic E-state index is 0.714. The zero-order chi connectivity index (χ0) is 10.7. The van der Waals surface area contributed by atoms with Crippen LogP contribution < -0.4 is 5.73 Å². The Balaban J connectivity index is 2.51. The van der Waals surface area contributed by atoms with Crippen molar-refractivity contribution >= 4 is 0 Å². The summed E-state index contributed by atoms with van der Waals surface area (Å²) in [5.74, 6) is 1.53. The second-order valence-electron chi connectivity index (χ2n) is 5.01. The minimum Gasteiger partial charge on any atom is -0.330 e. The second kappa shape index (κ2) is 5.13. The second-order valence-corrected chi connectivity index (χ2v) is 5.01. The first-order chi connectivity index (χ1) is 6.60. The van der Waals surface area contributed by atoms with Crippen molar-refractivity contribution in [2.24, 2.45) is 17.6 Å². The van der Waals surface area contributed by atoms with Crippen LogP contribution in [0.15, 0.2) is 0 Å². The van der Waals surface area contributed by atoms with Gasteiger partial charge in [-0.1, -0.05) is 20.3 Å². The normalized spacial score (nSPS) is 33.2. The molecule has 0 saturated carbocycles. The molecule has 0 aromatic rings. The standard InChI is InChI=1S/C12H26N2/c1-5-9(2)11(4)14-8-12(7-13)6-10(14)3/h9-12H,5-8,13H2,1-4H3. The van der Waals surface area contributed by atoms with Crippen molar-refractivity contribution < 1.29 is 0 Å². The molecule has 0 spiro atoms. The predicted octanol–water partition coefficient (Wildman–Crippen LogP) is 2.09. The van der Waals surface area contributed by atoms with E-state index in [0.29, 0.717) is 6.04 Å². The van der Waals surface area contributed by atoms with Crippen LogP contribution in [-0.4, -0.2) is 30.1 Å². The summed E-state index contributed by atoms with van der Waals surface area (Å²) in [6, 6.07) is 1.44. The van der Waals surface area contributed by atoms with Crippen LogP contribution in [0, 0.1) is 11.8 Å². The largest absolute Gasteiger partial charge is 0.330 e. The van der Waals surface area contributed by atoms with E-state index in [1.807, 2.05) is 0 Å². The lowest BCUT2D eigenvalue weighted by atomic mass is 9.99. The van der Waals surface area contributed by atoms with Crippen molar-refractivity contribution in [2.45, 2.75) is 52.6 Å². The van der Waals surface area contributed by atoms with Crippen LogP contribution in [0.25, 0.3) is 0 Å². The molecule has 2 nitrogen and oxygen atoms in total. The summed E-state index contributed by atoms with van der Waals surface area (Å²) in [6.07, 6.45) is 2.56. The summed E-state index contributed by atoms with van der Waals surface area (Å²) in [6.45, 7) is 11.4. The Kier molecular flexibility index (Phi) is 4.39. The number of hydrogen-bond donors (Lipinski definition) is 1. The molecule has 1 heterocycles. The molecular weight excluding hydrogens is 172 g/mol. The van der Waals surface area contributed by atoms with E-state index in [9.17, 15) is 0 Å². The van der Waals surface area contributed by atoms with Crippen molar-refractivity contribution in [1.82, 2.24) is 4.90 Å². The predicted molar refractivity (Wildman–Crippen MR) is 62.2 cm³/mol. The molecule has 1 rings (SSSR count). The van der Waals surface area contributed by atoms with Gasteiger partial charge in [-0.2, -0.15) is 0 Å². The highest BCUT2D eigenvalue weighted by molar-refractivity contribution is 4.87. The van der Waals surface area contributed by atoms with Gasteiger partial charge < -0.3 is 5.73 Å². The number of hydrogen-bond acceptors (Lipinski definition) is 2. The summed E-state index contributed by atoms with van der Waals surface area (Å²) in [5.41, 5.74) is 5.74. The third-order valence-corrected chi connectivity index (χ3v) is 4.03. The summed E-state index contributed by atoms with van der Waals surface area (Å²) >= 11 is 0. The third-order valence-electron chi connectivity index (χ3n) is 4.03. The van der Waals surface area contributed by atoms with Crippen molar-refractivity contribution in [3.05, 3.63) is 0 Å². The molecule has 2 N–H and O–H groups in total. The van der Waals surface area contributed by atoms with Gasteiger partial charge in [0.15, 0.2) is 0 Å². The van der Waals surface area contributed by atoms with Crippen molar-refractivity contribution in [2.75, 3.05) is 13.1 Å². The zero-order valence-electron chi connectivity index (χ0n) is 10.2. The van der Waals surface area contributed by atoms with Gasteiger partial charge in [0.1, 0.15) is 0 Å². The number of nitrogens with zero attached hydrogens (tertiary/aromatic N) is 1. The van der Waals surface area contributed by atoms with Gasteiger partial charge in [-0.25, -0.2) is 0 Å². The first kappa shape index (κ1) is 12.0. The summed E-state index contributed by atoms with van der Waals surface area (Å²) in [5, 5.41) is 0. The molecule has 0 aromatic carbocycles. The molecule has 4 atom stereocenters. The van der Waals surface area contributed by atoms with Crippen LogP contribution in [0.5, 0.6) is 0 Å². The SMILES string of the molecule is CCC(C)C(C)N1CC(CN)CC1C. The molecule has 2 heteroatoms. The Morgan fingerprint density at radius 2 is 2.07 bits per heavy atom. The molecule has 4 unspecified atom stereocenters. The molecule has 1 aliphatic heterocycles. The molecular formula is C12H26N2. The molecule has 0 bridgehead atoms. The molecule has 0 radical (unpaired) electrons. The van der Waals surface area contributed by atoms with Crippen molar-refractivity contribution in [3.8, 4) is 0 Å². The van der Waals surface area contributed by atoms with Gasteiger partial charge in [-0.15, -0.1) is 0 Å². The molecule has 1 fully saturated rings. The van der Waals surface area contributed by atoms with Crippen molar-refractivity contribution in [1.29, 1.82) is 0 Å². The first-order valence-corrected chi connectivity index (χ1v) is 6.05. The quantitative estimate of drug-likeness (QED) is 0.749. The van der Waals surface area contributed by atoms with Crippen LogP contribution >= 0.6 is 0 Å². The lowest BCUT2D eigenvalue weighted by molar-refractivity contribution is 0.150. The molecule has 1 aliphatic rings. The third kappa shape index (κ3) is 2.48. The topological polar surface area (TPSA) is 29.3 Å². The van der Waals surface area contributed by atoms with E-state index in [1.54, 1.807) is 0 Å². The summed E-state index contributed by atoms with van der Waals surface area (Å²) in [7, 11) is 0. The van der Waals surface area contributed by atoms with Gasteiger partial charge in [-0.3, -0.25) is 4.90 Å². The number of nitrogens with two attached hydrogens (primary N) is 1. The molecule has 0 aromatic heterocycles. The van der Waals surface area contributed by atoms with E-state index in [0.717, 1.165) is 24.4 Å². The first-order valence-electron chi connectivity index (χ1n) is 6.05. The van der Waals surface area contributed by atoms with Crippen LogP contribution in [0.4, 0.5) is 0 Å². The van der Waals surface area contributed by atoms with Gasteiger partial charge in [-0.05, 0) is 38.6 Å². The van der Waals surface area contributed by atoms with E-state index >= 15 is 0 Å². The maximum absolute atomic E-state index is 5.74. The minimum atomic E-state index is 0.714. The van der Waals surface area contributed by atoms with Gasteiger partial charge in [0.05, 0.1) is 0 Å². The lowest BCUT2D eigenvalue weighted by Crippen LogP contribution is -2.40. The van der Waals surface area contributed by atoms with Crippen LogP contribution in [0.1, 0.15) is 40.5 Å². The van der Waals surface area contributed by atoms with Crippen LogP contribution in [-0.2, 0) is 0 Å². The molecule has 1 saturated heterocycles. The van der Waals surface area contributed by atoms with E-state index in [1.165, 1.54) is 19.4 Å². The van der Waals surface area contributed by atoms with Gasteiger partial charge in [0.2, 0.25) is 0 Å². The average Bonchev–Trinajstić information content (AvgIpc) is 2.57. The van der Waals surface area contributed by atoms with E-state index < -0.39 is 0 Å². The van der Waals surface area contributed by atoms with Crippen molar-refractivity contribution in [3.63, 3.8) is 0 Å². The Morgan fingerprint density at radius 3 is 2.50 bits per heavy atom. The Hall–Kier alpha value is -0.0800.